The van der Waals surface area contributed by atoms with Crippen LogP contribution in [-0.2, 0) is 19.6 Å². The van der Waals surface area contributed by atoms with E-state index in [1.54, 1.807) is 60.7 Å². The third-order valence-corrected chi connectivity index (χ3v) is 7.18. The summed E-state index contributed by atoms with van der Waals surface area (Å²) in [6.45, 7) is 3.80. The number of methoxy groups -OCH3 is 1. The van der Waals surface area contributed by atoms with Crippen LogP contribution in [0.4, 0.5) is 11.4 Å². The van der Waals surface area contributed by atoms with Gasteiger partial charge in [0.1, 0.15) is 12.3 Å². The van der Waals surface area contributed by atoms with Crippen molar-refractivity contribution in [3.8, 4) is 5.75 Å². The van der Waals surface area contributed by atoms with Gasteiger partial charge in [-0.15, -0.1) is 0 Å². The van der Waals surface area contributed by atoms with Crippen molar-refractivity contribution in [3.05, 3.63) is 83.9 Å². The molecule has 3 aromatic rings. The normalized spacial score (nSPS) is 11.0. The number of carbonyl (C=O) groups is 2. The molecule has 0 aromatic heterocycles. The molecule has 36 heavy (non-hydrogen) atoms. The average Bonchev–Trinajstić information content (AvgIpc) is 2.88. The lowest BCUT2D eigenvalue weighted by atomic mass is 10.2. The molecule has 0 atom stereocenters. The van der Waals surface area contributed by atoms with E-state index in [0.29, 0.717) is 29.3 Å². The molecule has 0 radical (unpaired) electrons. The van der Waals surface area contributed by atoms with Crippen LogP contribution in [0.25, 0.3) is 0 Å². The Balaban J connectivity index is 1.78. The van der Waals surface area contributed by atoms with E-state index in [1.807, 2.05) is 13.8 Å². The van der Waals surface area contributed by atoms with Crippen molar-refractivity contribution in [2.24, 2.45) is 0 Å². The second-order valence-corrected chi connectivity index (χ2v) is 10.0. The Labute approximate surface area is 211 Å². The number of nitrogens with one attached hydrogen (secondary N) is 1. The summed E-state index contributed by atoms with van der Waals surface area (Å²) < 4.78 is 38.3. The van der Waals surface area contributed by atoms with Crippen LogP contribution < -0.4 is 14.4 Å². The first-order chi connectivity index (χ1) is 17.2. The first-order valence-electron chi connectivity index (χ1n) is 11.5. The number of unbranched alkanes of at least 4 members (excludes halogenated alkanes) is 1. The first kappa shape index (κ1) is 26.7. The molecule has 0 saturated carbocycles. The monoisotopic (exact) mass is 510 g/mol. The van der Waals surface area contributed by atoms with Gasteiger partial charge in [0.25, 0.3) is 10.0 Å². The number of anilines is 2. The van der Waals surface area contributed by atoms with Gasteiger partial charge in [-0.05, 0) is 74.0 Å². The van der Waals surface area contributed by atoms with Crippen molar-refractivity contribution in [1.82, 2.24) is 0 Å². The minimum atomic E-state index is -4.05. The Morgan fingerprint density at radius 2 is 1.56 bits per heavy atom. The lowest BCUT2D eigenvalue weighted by molar-refractivity contribution is -0.114. The number of nitrogens with zero attached hydrogens (tertiary/aromatic N) is 1. The van der Waals surface area contributed by atoms with Crippen molar-refractivity contribution in [2.45, 2.75) is 31.6 Å². The minimum absolute atomic E-state index is 0.0302. The zero-order valence-corrected chi connectivity index (χ0v) is 21.4. The number of benzene rings is 3. The van der Waals surface area contributed by atoms with E-state index in [0.717, 1.165) is 22.7 Å². The van der Waals surface area contributed by atoms with Crippen LogP contribution in [0, 0.1) is 6.92 Å². The van der Waals surface area contributed by atoms with Crippen LogP contribution in [0.3, 0.4) is 0 Å². The topological polar surface area (TPSA) is 102 Å². The lowest BCUT2D eigenvalue weighted by Crippen LogP contribution is -2.38. The van der Waals surface area contributed by atoms with Crippen molar-refractivity contribution < 1.29 is 27.5 Å². The molecule has 0 fully saturated rings. The zero-order valence-electron chi connectivity index (χ0n) is 20.6. The molecule has 190 valence electrons. The van der Waals surface area contributed by atoms with Crippen LogP contribution >= 0.6 is 0 Å². The van der Waals surface area contributed by atoms with Gasteiger partial charge in [0.05, 0.1) is 29.9 Å². The summed E-state index contributed by atoms with van der Waals surface area (Å²) in [6.07, 6.45) is 1.71. The predicted molar refractivity (Wildman–Crippen MR) is 139 cm³/mol. The Morgan fingerprint density at radius 3 is 2.14 bits per heavy atom. The van der Waals surface area contributed by atoms with Crippen LogP contribution in [-0.4, -0.2) is 40.6 Å². The fourth-order valence-corrected chi connectivity index (χ4v) is 4.74. The summed E-state index contributed by atoms with van der Waals surface area (Å²) >= 11 is 0. The number of amides is 1. The van der Waals surface area contributed by atoms with Crippen molar-refractivity contribution in [1.29, 1.82) is 0 Å². The number of sulfonamides is 1. The Morgan fingerprint density at radius 1 is 0.917 bits per heavy atom. The van der Waals surface area contributed by atoms with Crippen molar-refractivity contribution in [2.75, 3.05) is 29.9 Å². The average molecular weight is 511 g/mol. The fraction of sp³-hybridized carbons (Fsp3) is 0.259. The summed E-state index contributed by atoms with van der Waals surface area (Å²) in [6, 6.07) is 19.1. The highest BCUT2D eigenvalue weighted by molar-refractivity contribution is 7.92. The van der Waals surface area contributed by atoms with E-state index in [9.17, 15) is 18.0 Å². The van der Waals surface area contributed by atoms with Crippen LogP contribution in [0.5, 0.6) is 5.75 Å². The fourth-order valence-electron chi connectivity index (χ4n) is 3.31. The summed E-state index contributed by atoms with van der Waals surface area (Å²) in [4.78, 5) is 25.0. The van der Waals surface area contributed by atoms with Gasteiger partial charge in [0, 0.05) is 5.69 Å². The van der Waals surface area contributed by atoms with E-state index >= 15 is 0 Å². The van der Waals surface area contributed by atoms with Gasteiger partial charge in [-0.1, -0.05) is 31.0 Å². The molecule has 1 N–H and O–H groups in total. The third-order valence-electron chi connectivity index (χ3n) is 5.39. The van der Waals surface area contributed by atoms with Gasteiger partial charge in [-0.25, -0.2) is 13.2 Å². The highest BCUT2D eigenvalue weighted by Crippen LogP contribution is 2.25. The number of aryl methyl sites for hydroxylation is 1. The van der Waals surface area contributed by atoms with E-state index in [-0.39, 0.29) is 4.90 Å². The van der Waals surface area contributed by atoms with E-state index in [2.05, 4.69) is 5.32 Å². The zero-order chi connectivity index (χ0) is 26.1. The Kier molecular flexibility index (Phi) is 9.08. The molecule has 1 amide bonds. The highest BCUT2D eigenvalue weighted by atomic mass is 32.2. The van der Waals surface area contributed by atoms with Gasteiger partial charge in [0.2, 0.25) is 5.91 Å². The van der Waals surface area contributed by atoms with Crippen LogP contribution in [0.15, 0.2) is 77.7 Å². The molecule has 9 heteroatoms. The molecule has 0 unspecified atom stereocenters. The van der Waals surface area contributed by atoms with Gasteiger partial charge >= 0.3 is 5.97 Å². The predicted octanol–water partition coefficient (Wildman–Crippen LogP) is 4.79. The number of hydrogen-bond acceptors (Lipinski definition) is 6. The maximum atomic E-state index is 13.5. The quantitative estimate of drug-likeness (QED) is 0.294. The van der Waals surface area contributed by atoms with Gasteiger partial charge in [0.15, 0.2) is 0 Å². The molecule has 0 aliphatic rings. The molecule has 3 rings (SSSR count). The summed E-state index contributed by atoms with van der Waals surface area (Å²) in [7, 11) is -2.56. The summed E-state index contributed by atoms with van der Waals surface area (Å²) in [5.41, 5.74) is 2.11. The molecule has 0 heterocycles. The van der Waals surface area contributed by atoms with Crippen molar-refractivity contribution >= 4 is 33.3 Å². The number of ether oxygens (including phenoxy) is 2. The summed E-state index contributed by atoms with van der Waals surface area (Å²) in [5.74, 6) is -0.449. The molecule has 0 aliphatic heterocycles. The Bertz CT molecular complexity index is 1270. The number of carbonyl (C=O) groups excluding carboxylic acids is 2. The maximum absolute atomic E-state index is 13.5. The number of rotatable bonds is 11. The SMILES string of the molecule is CCCCOC(=O)c1ccc(NC(=O)CN(c2ccc(C)cc2)S(=O)(=O)c2ccc(OC)cc2)cc1. The van der Waals surface area contributed by atoms with Crippen LogP contribution in [0.1, 0.15) is 35.7 Å². The van der Waals surface area contributed by atoms with E-state index < -0.39 is 28.4 Å². The van der Waals surface area contributed by atoms with Gasteiger partial charge in [-0.3, -0.25) is 9.10 Å². The molecule has 0 aliphatic carbocycles. The van der Waals surface area contributed by atoms with Gasteiger partial charge < -0.3 is 14.8 Å². The molecular weight excluding hydrogens is 480 g/mol. The molecule has 3 aromatic carbocycles. The Hall–Kier alpha value is -3.85. The molecule has 0 saturated heterocycles. The van der Waals surface area contributed by atoms with E-state index in [1.165, 1.54) is 19.2 Å². The number of esters is 1. The second kappa shape index (κ2) is 12.2. The van der Waals surface area contributed by atoms with Crippen molar-refractivity contribution in [3.63, 3.8) is 0 Å². The van der Waals surface area contributed by atoms with Gasteiger partial charge in [-0.2, -0.15) is 0 Å². The molecular formula is C27H30N2O6S. The number of hydrogen-bond donors (Lipinski definition) is 1. The third kappa shape index (κ3) is 6.85. The van der Waals surface area contributed by atoms with E-state index in [4.69, 9.17) is 9.47 Å². The lowest BCUT2D eigenvalue weighted by Gasteiger charge is -2.24. The molecule has 0 spiro atoms. The maximum Gasteiger partial charge on any atom is 0.338 e. The highest BCUT2D eigenvalue weighted by Gasteiger charge is 2.27. The molecule has 8 nitrogen and oxygen atoms in total. The smallest absolute Gasteiger partial charge is 0.338 e. The summed E-state index contributed by atoms with van der Waals surface area (Å²) in [5, 5.41) is 2.70. The molecule has 0 bridgehead atoms. The minimum Gasteiger partial charge on any atom is -0.497 e. The second-order valence-electron chi connectivity index (χ2n) is 8.14. The standard InChI is InChI=1S/C27H30N2O6S/c1-4-5-18-35-27(31)21-8-10-22(11-9-21)28-26(30)19-29(23-12-6-20(2)7-13-23)36(32,33)25-16-14-24(34-3)15-17-25/h6-17H,4-5,18-19H2,1-3H3,(H,28,30). The first-order valence-corrected chi connectivity index (χ1v) is 13.0. The largest absolute Gasteiger partial charge is 0.497 e. The van der Waals surface area contributed by atoms with Crippen LogP contribution in [0.2, 0.25) is 0 Å².